The number of carbonyl (C=O) groups excluding carboxylic acids is 2. The number of hydrogen-bond acceptors (Lipinski definition) is 6. The van der Waals surface area contributed by atoms with Crippen LogP contribution in [-0.4, -0.2) is 49.7 Å². The summed E-state index contributed by atoms with van der Waals surface area (Å²) in [7, 11) is 0. The zero-order valence-corrected chi connectivity index (χ0v) is 18.2. The van der Waals surface area contributed by atoms with Gasteiger partial charge in [-0.3, -0.25) is 14.6 Å². The molecule has 5 rings (SSSR count). The van der Waals surface area contributed by atoms with Crippen LogP contribution in [0, 0.1) is 5.92 Å². The maximum Gasteiger partial charge on any atom is 0.227 e. The molecule has 1 saturated heterocycles. The zero-order chi connectivity index (χ0) is 22.6. The summed E-state index contributed by atoms with van der Waals surface area (Å²) in [6.07, 6.45) is 2.59. The van der Waals surface area contributed by atoms with Crippen molar-refractivity contribution in [3.63, 3.8) is 0 Å². The van der Waals surface area contributed by atoms with Gasteiger partial charge >= 0.3 is 0 Å². The second-order valence-corrected chi connectivity index (χ2v) is 8.06. The van der Waals surface area contributed by atoms with E-state index in [-0.39, 0.29) is 24.2 Å². The van der Waals surface area contributed by atoms with Crippen LogP contribution in [0.1, 0.15) is 12.8 Å². The molecule has 170 valence electrons. The van der Waals surface area contributed by atoms with Crippen LogP contribution in [0.5, 0.6) is 17.2 Å². The number of aromatic nitrogens is 1. The second kappa shape index (κ2) is 9.36. The largest absolute Gasteiger partial charge is 0.491 e. The molecule has 0 bridgehead atoms. The fourth-order valence-corrected chi connectivity index (χ4v) is 4.14. The third-order valence-corrected chi connectivity index (χ3v) is 5.81. The van der Waals surface area contributed by atoms with E-state index in [2.05, 4.69) is 10.3 Å². The van der Waals surface area contributed by atoms with Gasteiger partial charge in [0.05, 0.1) is 12.5 Å². The van der Waals surface area contributed by atoms with E-state index in [9.17, 15) is 9.59 Å². The number of hydrogen-bond donors (Lipinski definition) is 1. The maximum atomic E-state index is 12.6. The molecule has 0 radical (unpaired) electrons. The number of para-hydroxylation sites is 1. The van der Waals surface area contributed by atoms with Gasteiger partial charge in [0.15, 0.2) is 11.5 Å². The summed E-state index contributed by atoms with van der Waals surface area (Å²) in [6.45, 7) is 2.29. The van der Waals surface area contributed by atoms with Gasteiger partial charge in [-0.1, -0.05) is 18.2 Å². The lowest BCUT2D eigenvalue weighted by Crippen LogP contribution is -2.34. The van der Waals surface area contributed by atoms with Gasteiger partial charge in [0.2, 0.25) is 11.8 Å². The molecule has 3 heterocycles. The first-order chi connectivity index (χ1) is 16.2. The maximum absolute atomic E-state index is 12.6. The molecule has 1 N–H and O–H groups in total. The average Bonchev–Trinajstić information content (AvgIpc) is 3.25. The van der Waals surface area contributed by atoms with Gasteiger partial charge in [0.25, 0.3) is 0 Å². The molecule has 33 heavy (non-hydrogen) atoms. The van der Waals surface area contributed by atoms with Crippen LogP contribution in [0.4, 0.5) is 5.69 Å². The molecule has 0 spiro atoms. The summed E-state index contributed by atoms with van der Waals surface area (Å²) in [5.74, 6) is 1.46. The Hall–Kier alpha value is -3.81. The minimum absolute atomic E-state index is 0.0707. The van der Waals surface area contributed by atoms with Gasteiger partial charge in [-0.15, -0.1) is 0 Å². The van der Waals surface area contributed by atoms with Crippen molar-refractivity contribution in [3.05, 3.63) is 54.7 Å². The van der Waals surface area contributed by atoms with Crippen molar-refractivity contribution in [2.24, 2.45) is 5.92 Å². The molecule has 3 aromatic rings. The number of benzene rings is 2. The third kappa shape index (κ3) is 4.55. The number of pyridine rings is 1. The summed E-state index contributed by atoms with van der Waals surface area (Å²) in [4.78, 5) is 31.2. The highest BCUT2D eigenvalue weighted by atomic mass is 16.6. The number of carbonyl (C=O) groups is 2. The second-order valence-electron chi connectivity index (χ2n) is 8.06. The van der Waals surface area contributed by atoms with Gasteiger partial charge in [0, 0.05) is 42.8 Å². The Labute approximate surface area is 191 Å². The Kier molecular flexibility index (Phi) is 5.97. The minimum Gasteiger partial charge on any atom is -0.491 e. The van der Waals surface area contributed by atoms with Crippen LogP contribution >= 0.6 is 0 Å². The molecular weight excluding hydrogens is 422 g/mol. The standard InChI is InChI=1S/C25H25N3O5/c29-23-14-18(16-28(23)19-7-8-20-22(15-19)33-13-12-32-20)25(30)27-10-3-11-31-21-6-1-4-17-5-2-9-26-24(17)21/h1-2,4-9,15,18H,3,10-14,16H2,(H,27,30). The topological polar surface area (TPSA) is 90.0 Å². The van der Waals surface area contributed by atoms with Crippen LogP contribution in [0.3, 0.4) is 0 Å². The summed E-state index contributed by atoms with van der Waals surface area (Å²) in [5, 5.41) is 3.96. The van der Waals surface area contributed by atoms with Crippen LogP contribution in [0.15, 0.2) is 54.7 Å². The van der Waals surface area contributed by atoms with Crippen molar-refractivity contribution in [1.82, 2.24) is 10.3 Å². The monoisotopic (exact) mass is 447 g/mol. The van der Waals surface area contributed by atoms with Gasteiger partial charge < -0.3 is 24.4 Å². The van der Waals surface area contributed by atoms with Gasteiger partial charge in [0.1, 0.15) is 24.5 Å². The molecule has 2 aromatic carbocycles. The smallest absolute Gasteiger partial charge is 0.227 e. The molecule has 1 fully saturated rings. The fourth-order valence-electron chi connectivity index (χ4n) is 4.14. The van der Waals surface area contributed by atoms with E-state index in [1.165, 1.54) is 0 Å². The minimum atomic E-state index is -0.381. The lowest BCUT2D eigenvalue weighted by atomic mass is 10.1. The van der Waals surface area contributed by atoms with Crippen molar-refractivity contribution in [1.29, 1.82) is 0 Å². The molecule has 8 nitrogen and oxygen atoms in total. The Morgan fingerprint density at radius 1 is 1.12 bits per heavy atom. The van der Waals surface area contributed by atoms with E-state index >= 15 is 0 Å². The Balaban J connectivity index is 1.10. The fraction of sp³-hybridized carbons (Fsp3) is 0.320. The van der Waals surface area contributed by atoms with Crippen molar-refractivity contribution >= 4 is 28.4 Å². The first-order valence-electron chi connectivity index (χ1n) is 11.1. The van der Waals surface area contributed by atoms with Gasteiger partial charge in [-0.2, -0.15) is 0 Å². The van der Waals surface area contributed by atoms with Crippen molar-refractivity contribution in [3.8, 4) is 17.2 Å². The van der Waals surface area contributed by atoms with Crippen molar-refractivity contribution in [2.75, 3.05) is 37.8 Å². The Morgan fingerprint density at radius 2 is 1.97 bits per heavy atom. The highest BCUT2D eigenvalue weighted by molar-refractivity contribution is 6.00. The molecule has 1 unspecified atom stereocenters. The highest BCUT2D eigenvalue weighted by Crippen LogP contribution is 2.36. The number of anilines is 1. The number of fused-ring (bicyclic) bond motifs is 2. The predicted octanol–water partition coefficient (Wildman–Crippen LogP) is 2.94. The molecule has 0 saturated carbocycles. The van der Waals surface area contributed by atoms with Gasteiger partial charge in [-0.25, -0.2) is 0 Å². The lowest BCUT2D eigenvalue weighted by Gasteiger charge is -2.22. The number of rotatable bonds is 7. The summed E-state index contributed by atoms with van der Waals surface area (Å²) in [6, 6.07) is 15.1. The van der Waals surface area contributed by atoms with Crippen molar-refractivity contribution < 1.29 is 23.8 Å². The van der Waals surface area contributed by atoms with Crippen LogP contribution < -0.4 is 24.4 Å². The normalized spacial score (nSPS) is 17.3. The SMILES string of the molecule is O=C(NCCCOc1cccc2cccnc12)C1CC(=O)N(c2ccc3c(c2)OCCO3)C1. The van der Waals surface area contributed by atoms with E-state index in [4.69, 9.17) is 14.2 Å². The van der Waals surface area contributed by atoms with E-state index in [0.29, 0.717) is 50.8 Å². The molecule has 1 atom stereocenters. The Bertz CT molecular complexity index is 1180. The summed E-state index contributed by atoms with van der Waals surface area (Å²) < 4.78 is 17.0. The number of amides is 2. The number of nitrogens with zero attached hydrogens (tertiary/aromatic N) is 2. The molecule has 1 aromatic heterocycles. The third-order valence-electron chi connectivity index (χ3n) is 5.81. The highest BCUT2D eigenvalue weighted by Gasteiger charge is 2.35. The van der Waals surface area contributed by atoms with Crippen LogP contribution in [0.2, 0.25) is 0 Å². The average molecular weight is 447 g/mol. The summed E-state index contributed by atoms with van der Waals surface area (Å²) in [5.41, 5.74) is 1.55. The van der Waals surface area contributed by atoms with E-state index in [0.717, 1.165) is 22.3 Å². The first kappa shape index (κ1) is 21.1. The molecular formula is C25H25N3O5. The predicted molar refractivity (Wildman–Crippen MR) is 123 cm³/mol. The molecule has 2 aliphatic heterocycles. The number of ether oxygens (including phenoxy) is 3. The zero-order valence-electron chi connectivity index (χ0n) is 18.2. The molecule has 2 aliphatic rings. The molecule has 8 heteroatoms. The Morgan fingerprint density at radius 3 is 2.88 bits per heavy atom. The van der Waals surface area contributed by atoms with Crippen LogP contribution in [0.25, 0.3) is 10.9 Å². The summed E-state index contributed by atoms with van der Waals surface area (Å²) >= 11 is 0. The van der Waals surface area contributed by atoms with Crippen molar-refractivity contribution in [2.45, 2.75) is 12.8 Å². The van der Waals surface area contributed by atoms with E-state index in [1.54, 1.807) is 23.2 Å². The molecule has 0 aliphatic carbocycles. The number of nitrogens with one attached hydrogen (secondary N) is 1. The molecule has 2 amide bonds. The lowest BCUT2D eigenvalue weighted by molar-refractivity contribution is -0.126. The van der Waals surface area contributed by atoms with E-state index < -0.39 is 0 Å². The van der Waals surface area contributed by atoms with Gasteiger partial charge in [-0.05, 0) is 30.7 Å². The first-order valence-corrected chi connectivity index (χ1v) is 11.1. The van der Waals surface area contributed by atoms with E-state index in [1.807, 2.05) is 36.4 Å². The van der Waals surface area contributed by atoms with Crippen LogP contribution in [-0.2, 0) is 9.59 Å². The quantitative estimate of drug-likeness (QED) is 0.560.